The lowest BCUT2D eigenvalue weighted by atomic mass is 10.1. The summed E-state index contributed by atoms with van der Waals surface area (Å²) in [4.78, 5) is 10.4. The number of nitrogens with zero attached hydrogens (tertiary/aromatic N) is 1. The normalized spacial score (nSPS) is 17.0. The molecule has 0 heterocycles. The molecule has 0 spiro atoms. The largest absolute Gasteiger partial charge is 0.482 e. The highest BCUT2D eigenvalue weighted by molar-refractivity contribution is 7.61. The second-order valence-corrected chi connectivity index (χ2v) is 4.64. The zero-order valence-corrected chi connectivity index (χ0v) is 10.2. The average Bonchev–Trinajstić information content (AvgIpc) is 2.66. The maximum Gasteiger partial charge on any atom is 0.341 e. The van der Waals surface area contributed by atoms with Crippen LogP contribution in [0.1, 0.15) is 11.1 Å². The van der Waals surface area contributed by atoms with Crippen LogP contribution in [0.15, 0.2) is 22.6 Å². The summed E-state index contributed by atoms with van der Waals surface area (Å²) in [5.74, 6) is -0.565. The van der Waals surface area contributed by atoms with Gasteiger partial charge in [0, 0.05) is 0 Å². The molecule has 96 valence electrons. The molecule has 1 aromatic rings. The number of carboxylic acid groups (broad SMARTS) is 1. The number of rotatable bonds is 4. The first-order chi connectivity index (χ1) is 8.54. The van der Waals surface area contributed by atoms with Crippen molar-refractivity contribution < 1.29 is 23.1 Å². The molecule has 6 nitrogen and oxygen atoms in total. The van der Waals surface area contributed by atoms with Crippen molar-refractivity contribution in [3.63, 3.8) is 0 Å². The third kappa shape index (κ3) is 3.07. The molecule has 0 saturated carbocycles. The number of carboxylic acids is 1. The van der Waals surface area contributed by atoms with Crippen molar-refractivity contribution in [2.45, 2.75) is 18.9 Å². The molecule has 7 heteroatoms. The Morgan fingerprint density at radius 3 is 2.78 bits per heavy atom. The number of ether oxygens (including phenoxy) is 1. The van der Waals surface area contributed by atoms with Gasteiger partial charge in [-0.25, -0.2) is 4.79 Å². The van der Waals surface area contributed by atoms with E-state index in [-0.39, 0.29) is 6.04 Å². The van der Waals surface area contributed by atoms with Crippen LogP contribution in [0, 0.1) is 0 Å². The summed E-state index contributed by atoms with van der Waals surface area (Å²) in [6.45, 7) is -0.392. The van der Waals surface area contributed by atoms with Gasteiger partial charge in [-0.15, -0.1) is 0 Å². The van der Waals surface area contributed by atoms with E-state index in [1.165, 1.54) is 0 Å². The first kappa shape index (κ1) is 12.6. The minimum atomic E-state index is -2.39. The molecule has 1 unspecified atom stereocenters. The van der Waals surface area contributed by atoms with Crippen LogP contribution in [0.3, 0.4) is 0 Å². The standard InChI is InChI=1S/C11H11NO5S/c13-11(14)6-17-10-2-1-7-3-9(12-18(15)16)4-8(7)5-10/h1-2,5,9H,3-4,6H2,(H,13,14). The van der Waals surface area contributed by atoms with Crippen LogP contribution in [0.25, 0.3) is 0 Å². The highest BCUT2D eigenvalue weighted by Crippen LogP contribution is 2.27. The second-order valence-electron chi connectivity index (χ2n) is 4.00. The number of hydrogen-bond donors (Lipinski definition) is 1. The summed E-state index contributed by atoms with van der Waals surface area (Å²) < 4.78 is 29.6. The maximum absolute atomic E-state index is 10.5. The molecule has 0 amide bonds. The van der Waals surface area contributed by atoms with Gasteiger partial charge in [-0.05, 0) is 36.1 Å². The van der Waals surface area contributed by atoms with E-state index in [4.69, 9.17) is 9.84 Å². The maximum atomic E-state index is 10.5. The van der Waals surface area contributed by atoms with E-state index in [1.54, 1.807) is 12.1 Å². The molecule has 1 aromatic carbocycles. The quantitative estimate of drug-likeness (QED) is 0.867. The molecule has 0 radical (unpaired) electrons. The average molecular weight is 269 g/mol. The van der Waals surface area contributed by atoms with Gasteiger partial charge in [0.2, 0.25) is 0 Å². The number of benzene rings is 1. The zero-order chi connectivity index (χ0) is 13.1. The molecule has 0 aliphatic heterocycles. The monoisotopic (exact) mass is 269 g/mol. The van der Waals surface area contributed by atoms with E-state index >= 15 is 0 Å². The first-order valence-corrected chi connectivity index (χ1v) is 6.34. The molecular weight excluding hydrogens is 258 g/mol. The van der Waals surface area contributed by atoms with E-state index in [1.807, 2.05) is 6.07 Å². The molecule has 0 fully saturated rings. The SMILES string of the molecule is O=C(O)COc1ccc2c(c1)CC(N=S(=O)=O)C2. The Morgan fingerprint density at radius 2 is 2.11 bits per heavy atom. The van der Waals surface area contributed by atoms with E-state index in [9.17, 15) is 13.2 Å². The smallest absolute Gasteiger partial charge is 0.341 e. The van der Waals surface area contributed by atoms with Crippen LogP contribution in [-0.2, 0) is 28.1 Å². The lowest BCUT2D eigenvalue weighted by Crippen LogP contribution is -2.09. The molecule has 1 N–H and O–H groups in total. The van der Waals surface area contributed by atoms with Gasteiger partial charge in [-0.1, -0.05) is 6.07 Å². The van der Waals surface area contributed by atoms with E-state index in [0.717, 1.165) is 11.1 Å². The lowest BCUT2D eigenvalue weighted by molar-refractivity contribution is -0.139. The Labute approximate surface area is 105 Å². The fraction of sp³-hybridized carbons (Fsp3) is 0.364. The molecule has 18 heavy (non-hydrogen) atoms. The Morgan fingerprint density at radius 1 is 1.39 bits per heavy atom. The number of hydrogen-bond acceptors (Lipinski definition) is 5. The Hall–Kier alpha value is -1.89. The Kier molecular flexibility index (Phi) is 3.61. The van der Waals surface area contributed by atoms with Crippen LogP contribution >= 0.6 is 0 Å². The van der Waals surface area contributed by atoms with Crippen molar-refractivity contribution in [1.29, 1.82) is 0 Å². The van der Waals surface area contributed by atoms with Crippen molar-refractivity contribution in [2.75, 3.05) is 6.61 Å². The minimum Gasteiger partial charge on any atom is -0.482 e. The van der Waals surface area contributed by atoms with Crippen molar-refractivity contribution in [3.8, 4) is 5.75 Å². The summed E-state index contributed by atoms with van der Waals surface area (Å²) in [5, 5.41) is 8.50. The lowest BCUT2D eigenvalue weighted by Gasteiger charge is -2.05. The minimum absolute atomic E-state index is 0.256. The summed E-state index contributed by atoms with van der Waals surface area (Å²) >= 11 is 0. The molecule has 0 aromatic heterocycles. The topological polar surface area (TPSA) is 93.0 Å². The second kappa shape index (κ2) is 5.18. The molecule has 1 aliphatic carbocycles. The molecule has 2 rings (SSSR count). The van der Waals surface area contributed by atoms with Crippen LogP contribution in [-0.4, -0.2) is 32.1 Å². The van der Waals surface area contributed by atoms with Gasteiger partial charge in [0.25, 0.3) is 0 Å². The number of fused-ring (bicyclic) bond motifs is 1. The third-order valence-electron chi connectivity index (χ3n) is 2.69. The zero-order valence-electron chi connectivity index (χ0n) is 9.37. The van der Waals surface area contributed by atoms with Crippen molar-refractivity contribution in [3.05, 3.63) is 29.3 Å². The van der Waals surface area contributed by atoms with E-state index in [2.05, 4.69) is 4.36 Å². The van der Waals surface area contributed by atoms with Crippen molar-refractivity contribution in [2.24, 2.45) is 4.36 Å². The Balaban J connectivity index is 2.12. The number of carbonyl (C=O) groups is 1. The molecule has 1 atom stereocenters. The van der Waals surface area contributed by atoms with Gasteiger partial charge < -0.3 is 9.84 Å². The van der Waals surface area contributed by atoms with Crippen molar-refractivity contribution in [1.82, 2.24) is 0 Å². The summed E-state index contributed by atoms with van der Waals surface area (Å²) in [6.07, 6.45) is 1.12. The van der Waals surface area contributed by atoms with E-state index in [0.29, 0.717) is 18.6 Å². The summed E-state index contributed by atoms with van der Waals surface area (Å²) in [7, 11) is -2.39. The van der Waals surface area contributed by atoms with Crippen LogP contribution in [0.2, 0.25) is 0 Å². The Bertz CT molecular complexity index is 600. The first-order valence-electron chi connectivity index (χ1n) is 5.31. The highest BCUT2D eigenvalue weighted by atomic mass is 32.2. The van der Waals surface area contributed by atoms with Crippen LogP contribution in [0.4, 0.5) is 0 Å². The molecular formula is C11H11NO5S. The van der Waals surface area contributed by atoms with Crippen LogP contribution < -0.4 is 4.74 Å². The third-order valence-corrected chi connectivity index (χ3v) is 3.16. The highest BCUT2D eigenvalue weighted by Gasteiger charge is 2.21. The van der Waals surface area contributed by atoms with Gasteiger partial charge in [0.05, 0.1) is 6.04 Å². The molecule has 1 aliphatic rings. The van der Waals surface area contributed by atoms with Gasteiger partial charge >= 0.3 is 16.5 Å². The predicted octanol–water partition coefficient (Wildman–Crippen LogP) is 0.680. The predicted molar refractivity (Wildman–Crippen MR) is 62.1 cm³/mol. The fourth-order valence-corrected chi connectivity index (χ4v) is 2.39. The summed E-state index contributed by atoms with van der Waals surface area (Å²) in [5.41, 5.74) is 1.98. The van der Waals surface area contributed by atoms with Crippen molar-refractivity contribution >= 4 is 16.5 Å². The van der Waals surface area contributed by atoms with Gasteiger partial charge in [-0.3, -0.25) is 0 Å². The van der Waals surface area contributed by atoms with E-state index < -0.39 is 23.1 Å². The summed E-state index contributed by atoms with van der Waals surface area (Å²) in [6, 6.07) is 4.98. The molecule has 0 saturated heterocycles. The molecule has 0 bridgehead atoms. The van der Waals surface area contributed by atoms with Gasteiger partial charge in [0.1, 0.15) is 5.75 Å². The van der Waals surface area contributed by atoms with Gasteiger partial charge in [-0.2, -0.15) is 12.8 Å². The number of aliphatic carboxylic acids is 1. The fourth-order valence-electron chi connectivity index (χ4n) is 2.00. The van der Waals surface area contributed by atoms with Crippen LogP contribution in [0.5, 0.6) is 5.75 Å². The van der Waals surface area contributed by atoms with Gasteiger partial charge in [0.15, 0.2) is 6.61 Å².